The van der Waals surface area contributed by atoms with Crippen molar-refractivity contribution in [1.82, 2.24) is 0 Å². The molecule has 0 spiro atoms. The zero-order valence-electron chi connectivity index (χ0n) is 9.95. The maximum Gasteiger partial charge on any atom is 0.276 e. The van der Waals surface area contributed by atoms with Crippen LogP contribution < -0.4 is 5.43 Å². The van der Waals surface area contributed by atoms with Crippen molar-refractivity contribution in [2.75, 3.05) is 0 Å². The molecule has 0 radical (unpaired) electrons. The summed E-state index contributed by atoms with van der Waals surface area (Å²) < 4.78 is 4.95. The van der Waals surface area contributed by atoms with E-state index in [4.69, 9.17) is 16.0 Å². The van der Waals surface area contributed by atoms with Crippen molar-refractivity contribution in [2.24, 2.45) is 0 Å². The lowest BCUT2D eigenvalue weighted by Crippen LogP contribution is -1.97. The van der Waals surface area contributed by atoms with E-state index in [-0.39, 0.29) is 17.0 Å². The second-order valence-corrected chi connectivity index (χ2v) is 4.23. The molecule has 0 saturated heterocycles. The monoisotopic (exact) mass is 293 g/mol. The van der Waals surface area contributed by atoms with Gasteiger partial charge in [-0.3, -0.25) is 14.9 Å². The molecule has 0 bridgehead atoms. The van der Waals surface area contributed by atoms with Crippen LogP contribution in [0.5, 0.6) is 5.75 Å². The van der Waals surface area contributed by atoms with Gasteiger partial charge in [0.2, 0.25) is 11.2 Å². The summed E-state index contributed by atoms with van der Waals surface area (Å²) >= 11 is 5.78. The summed E-state index contributed by atoms with van der Waals surface area (Å²) in [6.07, 6.45) is 3.71. The average Bonchev–Trinajstić information content (AvgIpc) is 2.40. The molecule has 1 aromatic carbocycles. The minimum atomic E-state index is -0.600. The van der Waals surface area contributed by atoms with Crippen molar-refractivity contribution in [3.8, 4) is 5.75 Å². The molecule has 0 saturated carbocycles. The Labute approximate surface area is 117 Å². The zero-order valence-corrected chi connectivity index (χ0v) is 10.7. The minimum Gasteiger partial charge on any atom is -0.502 e. The summed E-state index contributed by atoms with van der Waals surface area (Å²) in [4.78, 5) is 21.5. The summed E-state index contributed by atoms with van der Waals surface area (Å²) in [5.41, 5.74) is -0.520. The molecule has 102 valence electrons. The first-order valence-electron chi connectivity index (χ1n) is 5.42. The third-order valence-electron chi connectivity index (χ3n) is 2.48. The second kappa shape index (κ2) is 5.58. The number of benzene rings is 1. The van der Waals surface area contributed by atoms with Gasteiger partial charge in [-0.1, -0.05) is 11.6 Å². The van der Waals surface area contributed by atoms with Crippen LogP contribution in [0.25, 0.3) is 12.2 Å². The number of rotatable bonds is 3. The normalized spacial score (nSPS) is 10.8. The Hall–Kier alpha value is -2.60. The lowest BCUT2D eigenvalue weighted by atomic mass is 10.1. The summed E-state index contributed by atoms with van der Waals surface area (Å²) in [5, 5.41) is 20.7. The number of nitro groups is 1. The van der Waals surface area contributed by atoms with E-state index in [1.165, 1.54) is 30.4 Å². The molecule has 2 aromatic rings. The van der Waals surface area contributed by atoms with Crippen molar-refractivity contribution in [3.05, 3.63) is 67.2 Å². The lowest BCUT2D eigenvalue weighted by Gasteiger charge is -1.99. The highest BCUT2D eigenvalue weighted by Crippen LogP contribution is 2.25. The lowest BCUT2D eigenvalue weighted by molar-refractivity contribution is -0.385. The highest BCUT2D eigenvalue weighted by Gasteiger charge is 2.12. The van der Waals surface area contributed by atoms with Crippen LogP contribution in [0.1, 0.15) is 11.3 Å². The fourth-order valence-electron chi connectivity index (χ4n) is 1.53. The molecular formula is C13H8ClNO5. The highest BCUT2D eigenvalue weighted by atomic mass is 35.5. The van der Waals surface area contributed by atoms with E-state index >= 15 is 0 Å². The average molecular weight is 294 g/mol. The van der Waals surface area contributed by atoms with Crippen LogP contribution in [-0.4, -0.2) is 10.0 Å². The Morgan fingerprint density at radius 2 is 2.05 bits per heavy atom. The standard InChI is InChI=1S/C13H8ClNO5/c14-9-2-3-10(15(18)19)8(7-9)1-4-12-13(17)11(16)5-6-20-12/h1-7,17H/b4-1+. The first-order chi connectivity index (χ1) is 9.49. The van der Waals surface area contributed by atoms with Gasteiger partial charge in [-0.05, 0) is 24.3 Å². The number of hydrogen-bond donors (Lipinski definition) is 1. The molecule has 0 unspecified atom stereocenters. The highest BCUT2D eigenvalue weighted by molar-refractivity contribution is 6.30. The van der Waals surface area contributed by atoms with E-state index in [1.54, 1.807) is 0 Å². The van der Waals surface area contributed by atoms with E-state index in [9.17, 15) is 20.0 Å². The van der Waals surface area contributed by atoms with Gasteiger partial charge in [0, 0.05) is 17.2 Å². The summed E-state index contributed by atoms with van der Waals surface area (Å²) in [6, 6.07) is 5.13. The largest absolute Gasteiger partial charge is 0.502 e. The van der Waals surface area contributed by atoms with Crippen LogP contribution in [0.4, 0.5) is 5.69 Å². The molecule has 0 aliphatic rings. The van der Waals surface area contributed by atoms with Crippen molar-refractivity contribution < 1.29 is 14.4 Å². The number of hydrogen-bond acceptors (Lipinski definition) is 5. The Morgan fingerprint density at radius 3 is 2.75 bits per heavy atom. The maximum atomic E-state index is 11.2. The Bertz CT molecular complexity index is 751. The van der Waals surface area contributed by atoms with Gasteiger partial charge in [-0.25, -0.2) is 0 Å². The van der Waals surface area contributed by atoms with Crippen LogP contribution in [-0.2, 0) is 0 Å². The predicted molar refractivity (Wildman–Crippen MR) is 73.7 cm³/mol. The van der Waals surface area contributed by atoms with Gasteiger partial charge in [-0.2, -0.15) is 0 Å². The quantitative estimate of drug-likeness (QED) is 0.693. The van der Waals surface area contributed by atoms with Crippen LogP contribution in [0.2, 0.25) is 5.02 Å². The minimum absolute atomic E-state index is 0.0910. The third kappa shape index (κ3) is 2.86. The van der Waals surface area contributed by atoms with E-state index in [0.29, 0.717) is 5.02 Å². The molecule has 1 N–H and O–H groups in total. The van der Waals surface area contributed by atoms with Gasteiger partial charge in [0.15, 0.2) is 5.76 Å². The van der Waals surface area contributed by atoms with Crippen molar-refractivity contribution in [3.63, 3.8) is 0 Å². The van der Waals surface area contributed by atoms with Gasteiger partial charge in [0.1, 0.15) is 0 Å². The summed E-state index contributed by atoms with van der Waals surface area (Å²) in [5.74, 6) is -0.653. The van der Waals surface area contributed by atoms with E-state index in [1.807, 2.05) is 0 Å². The number of aromatic hydroxyl groups is 1. The Morgan fingerprint density at radius 1 is 1.30 bits per heavy atom. The van der Waals surface area contributed by atoms with Crippen LogP contribution in [0.3, 0.4) is 0 Å². The predicted octanol–water partition coefficient (Wildman–Crippen LogP) is 3.08. The molecule has 0 aliphatic carbocycles. The summed E-state index contributed by atoms with van der Waals surface area (Å²) in [6.45, 7) is 0. The SMILES string of the molecule is O=c1ccoc(/C=C/c2cc(Cl)ccc2[N+](=O)[O-])c1O. The van der Waals surface area contributed by atoms with E-state index in [0.717, 1.165) is 12.3 Å². The summed E-state index contributed by atoms with van der Waals surface area (Å²) in [7, 11) is 0. The van der Waals surface area contributed by atoms with Gasteiger partial charge in [0.05, 0.1) is 16.7 Å². The van der Waals surface area contributed by atoms with E-state index in [2.05, 4.69) is 0 Å². The van der Waals surface area contributed by atoms with Crippen LogP contribution in [0, 0.1) is 10.1 Å². The molecule has 0 fully saturated rings. The van der Waals surface area contributed by atoms with Gasteiger partial charge in [0.25, 0.3) is 5.69 Å². The van der Waals surface area contributed by atoms with Crippen molar-refractivity contribution >= 4 is 29.4 Å². The molecular weight excluding hydrogens is 286 g/mol. The van der Waals surface area contributed by atoms with Gasteiger partial charge in [-0.15, -0.1) is 0 Å². The fraction of sp³-hybridized carbons (Fsp3) is 0. The van der Waals surface area contributed by atoms with Gasteiger partial charge >= 0.3 is 0 Å². The fourth-order valence-corrected chi connectivity index (χ4v) is 1.71. The van der Waals surface area contributed by atoms with Crippen LogP contribution >= 0.6 is 11.6 Å². The molecule has 7 heteroatoms. The number of halogens is 1. The zero-order chi connectivity index (χ0) is 14.7. The molecule has 20 heavy (non-hydrogen) atoms. The molecule has 2 rings (SSSR count). The molecule has 0 aliphatic heterocycles. The van der Waals surface area contributed by atoms with Crippen LogP contribution in [0.15, 0.2) is 39.7 Å². The number of nitro benzene ring substituents is 1. The Balaban J connectivity index is 2.46. The molecule has 0 amide bonds. The first-order valence-corrected chi connectivity index (χ1v) is 5.79. The second-order valence-electron chi connectivity index (χ2n) is 3.79. The molecule has 6 nitrogen and oxygen atoms in total. The molecule has 1 heterocycles. The van der Waals surface area contributed by atoms with Crippen molar-refractivity contribution in [1.29, 1.82) is 0 Å². The third-order valence-corrected chi connectivity index (χ3v) is 2.72. The topological polar surface area (TPSA) is 93.6 Å². The maximum absolute atomic E-state index is 11.2. The molecule has 1 aromatic heterocycles. The van der Waals surface area contributed by atoms with E-state index < -0.39 is 16.1 Å². The first kappa shape index (κ1) is 13.8. The molecule has 0 atom stereocenters. The van der Waals surface area contributed by atoms with Crippen molar-refractivity contribution in [2.45, 2.75) is 0 Å². The Kier molecular flexibility index (Phi) is 3.86. The smallest absolute Gasteiger partial charge is 0.276 e. The van der Waals surface area contributed by atoms with Gasteiger partial charge < -0.3 is 9.52 Å². The number of nitrogens with zero attached hydrogens (tertiary/aromatic N) is 1.